The van der Waals surface area contributed by atoms with E-state index in [1.807, 2.05) is 6.08 Å². The molecular weight excluding hydrogens is 242 g/mol. The van der Waals surface area contributed by atoms with Crippen LogP contribution in [0.1, 0.15) is 35.2 Å². The number of rotatable bonds is 5. The molecule has 2 rings (SSSR count). The van der Waals surface area contributed by atoms with Crippen molar-refractivity contribution in [1.29, 1.82) is 0 Å². The molecule has 1 heteroatoms. The van der Waals surface area contributed by atoms with E-state index in [0.717, 1.165) is 0 Å². The van der Waals surface area contributed by atoms with Crippen LogP contribution in [0.2, 0.25) is 0 Å². The minimum absolute atomic E-state index is 0.199. The van der Waals surface area contributed by atoms with Crippen LogP contribution in [0.5, 0.6) is 0 Å². The Morgan fingerprint density at radius 2 is 1.75 bits per heavy atom. The molecular formula is C19H23N. The van der Waals surface area contributed by atoms with Crippen LogP contribution < -0.4 is 5.32 Å². The first-order valence-corrected chi connectivity index (χ1v) is 7.12. The molecule has 0 spiro atoms. The Bertz CT molecular complexity index is 572. The highest BCUT2D eigenvalue weighted by molar-refractivity contribution is 5.39. The van der Waals surface area contributed by atoms with Gasteiger partial charge in [-0.15, -0.1) is 6.58 Å². The molecule has 1 N–H and O–H groups in total. The van der Waals surface area contributed by atoms with Gasteiger partial charge in [0.25, 0.3) is 0 Å². The van der Waals surface area contributed by atoms with Crippen molar-refractivity contribution < 1.29 is 0 Å². The highest BCUT2D eigenvalue weighted by Gasteiger charge is 2.17. The van der Waals surface area contributed by atoms with E-state index < -0.39 is 0 Å². The van der Waals surface area contributed by atoms with Crippen LogP contribution in [0.15, 0.2) is 61.2 Å². The number of aryl methyl sites for hydroxylation is 2. The summed E-state index contributed by atoms with van der Waals surface area (Å²) in [5, 5.41) is 3.64. The predicted octanol–water partition coefficient (Wildman–Crippen LogP) is 4.56. The second kappa shape index (κ2) is 6.53. The smallest absolute Gasteiger partial charge is 0.0583 e. The lowest BCUT2D eigenvalue weighted by Crippen LogP contribution is -2.30. The molecule has 0 saturated carbocycles. The maximum absolute atomic E-state index is 3.88. The molecule has 0 bridgehead atoms. The van der Waals surface area contributed by atoms with Crippen molar-refractivity contribution in [3.63, 3.8) is 0 Å². The lowest BCUT2D eigenvalue weighted by atomic mass is 9.93. The fraction of sp³-hybridized carbons (Fsp3) is 0.263. The third-order valence-electron chi connectivity index (χ3n) is 3.65. The van der Waals surface area contributed by atoms with E-state index in [9.17, 15) is 0 Å². The van der Waals surface area contributed by atoms with Crippen molar-refractivity contribution in [2.75, 3.05) is 0 Å². The van der Waals surface area contributed by atoms with Gasteiger partial charge in [-0.1, -0.05) is 60.2 Å². The third kappa shape index (κ3) is 3.37. The Morgan fingerprint density at radius 1 is 1.05 bits per heavy atom. The molecule has 2 aromatic rings. The summed E-state index contributed by atoms with van der Waals surface area (Å²) in [5.74, 6) is 0. The molecule has 0 aliphatic rings. The van der Waals surface area contributed by atoms with Gasteiger partial charge in [0.15, 0.2) is 0 Å². The molecule has 1 nitrogen and oxygen atoms in total. The van der Waals surface area contributed by atoms with Crippen LogP contribution in [-0.2, 0) is 0 Å². The Balaban J connectivity index is 2.43. The lowest BCUT2D eigenvalue weighted by Gasteiger charge is -2.24. The van der Waals surface area contributed by atoms with Gasteiger partial charge in [0.1, 0.15) is 0 Å². The summed E-state index contributed by atoms with van der Waals surface area (Å²) >= 11 is 0. The first-order valence-electron chi connectivity index (χ1n) is 7.12. The SMILES string of the molecule is C=CC(C)NC(c1ccccc1)c1ccc(C)cc1C. The largest absolute Gasteiger partial charge is 0.300 e. The summed E-state index contributed by atoms with van der Waals surface area (Å²) in [4.78, 5) is 0. The summed E-state index contributed by atoms with van der Waals surface area (Å²) in [6.07, 6.45) is 1.94. The summed E-state index contributed by atoms with van der Waals surface area (Å²) in [7, 11) is 0. The van der Waals surface area contributed by atoms with Crippen molar-refractivity contribution in [3.8, 4) is 0 Å². The van der Waals surface area contributed by atoms with E-state index in [1.54, 1.807) is 0 Å². The molecule has 0 radical (unpaired) electrons. The van der Waals surface area contributed by atoms with Crippen molar-refractivity contribution in [2.24, 2.45) is 0 Å². The quantitative estimate of drug-likeness (QED) is 0.782. The molecule has 0 aliphatic carbocycles. The molecule has 0 heterocycles. The number of hydrogen-bond donors (Lipinski definition) is 1. The van der Waals surface area contributed by atoms with E-state index >= 15 is 0 Å². The molecule has 0 aromatic heterocycles. The normalized spacial score (nSPS) is 13.8. The molecule has 104 valence electrons. The van der Waals surface area contributed by atoms with Crippen molar-refractivity contribution >= 4 is 0 Å². The zero-order valence-electron chi connectivity index (χ0n) is 12.6. The molecule has 0 aliphatic heterocycles. The van der Waals surface area contributed by atoms with Gasteiger partial charge in [-0.05, 0) is 37.5 Å². The Kier molecular flexibility index (Phi) is 4.75. The number of benzene rings is 2. The first kappa shape index (κ1) is 14.5. The fourth-order valence-electron chi connectivity index (χ4n) is 2.49. The fourth-order valence-corrected chi connectivity index (χ4v) is 2.49. The maximum Gasteiger partial charge on any atom is 0.0583 e. The Labute approximate surface area is 122 Å². The maximum atomic E-state index is 3.88. The highest BCUT2D eigenvalue weighted by Crippen LogP contribution is 2.26. The van der Waals surface area contributed by atoms with Crippen molar-refractivity contribution in [3.05, 3.63) is 83.4 Å². The topological polar surface area (TPSA) is 12.0 Å². The van der Waals surface area contributed by atoms with Gasteiger partial charge < -0.3 is 5.32 Å². The molecule has 0 saturated heterocycles. The lowest BCUT2D eigenvalue weighted by molar-refractivity contribution is 0.561. The summed E-state index contributed by atoms with van der Waals surface area (Å²) < 4.78 is 0. The molecule has 0 fully saturated rings. The van der Waals surface area contributed by atoms with Crippen LogP contribution >= 0.6 is 0 Å². The number of hydrogen-bond acceptors (Lipinski definition) is 1. The van der Waals surface area contributed by atoms with Gasteiger partial charge in [-0.3, -0.25) is 0 Å². The second-order valence-corrected chi connectivity index (χ2v) is 5.39. The van der Waals surface area contributed by atoms with Crippen molar-refractivity contribution in [2.45, 2.75) is 32.9 Å². The summed E-state index contributed by atoms with van der Waals surface area (Å²) in [6, 6.07) is 17.7. The van der Waals surface area contributed by atoms with Gasteiger partial charge in [0.05, 0.1) is 6.04 Å². The van der Waals surface area contributed by atoms with E-state index in [0.29, 0.717) is 0 Å². The van der Waals surface area contributed by atoms with Crippen LogP contribution in [0.25, 0.3) is 0 Å². The van der Waals surface area contributed by atoms with E-state index in [4.69, 9.17) is 0 Å². The average Bonchev–Trinajstić information content (AvgIpc) is 2.46. The molecule has 2 unspecified atom stereocenters. The third-order valence-corrected chi connectivity index (χ3v) is 3.65. The van der Waals surface area contributed by atoms with Gasteiger partial charge in [0, 0.05) is 6.04 Å². The second-order valence-electron chi connectivity index (χ2n) is 5.39. The highest BCUT2D eigenvalue weighted by atomic mass is 14.9. The summed E-state index contributed by atoms with van der Waals surface area (Å²) in [6.45, 7) is 10.3. The monoisotopic (exact) mass is 265 g/mol. The van der Waals surface area contributed by atoms with Gasteiger partial charge in [0.2, 0.25) is 0 Å². The number of nitrogens with one attached hydrogen (secondary N) is 1. The molecule has 2 atom stereocenters. The minimum atomic E-state index is 0.199. The van der Waals surface area contributed by atoms with Gasteiger partial charge in [-0.2, -0.15) is 0 Å². The zero-order chi connectivity index (χ0) is 14.5. The van der Waals surface area contributed by atoms with Gasteiger partial charge in [-0.25, -0.2) is 0 Å². The van der Waals surface area contributed by atoms with Crippen LogP contribution in [0.3, 0.4) is 0 Å². The van der Waals surface area contributed by atoms with Gasteiger partial charge >= 0.3 is 0 Å². The molecule has 0 amide bonds. The molecule has 20 heavy (non-hydrogen) atoms. The van der Waals surface area contributed by atoms with E-state index in [-0.39, 0.29) is 12.1 Å². The molecule has 2 aromatic carbocycles. The zero-order valence-corrected chi connectivity index (χ0v) is 12.6. The van der Waals surface area contributed by atoms with E-state index in [1.165, 1.54) is 22.3 Å². The predicted molar refractivity (Wildman–Crippen MR) is 87.0 cm³/mol. The van der Waals surface area contributed by atoms with Crippen LogP contribution in [-0.4, -0.2) is 6.04 Å². The van der Waals surface area contributed by atoms with Crippen LogP contribution in [0.4, 0.5) is 0 Å². The first-order chi connectivity index (χ1) is 9.61. The van der Waals surface area contributed by atoms with Crippen molar-refractivity contribution in [1.82, 2.24) is 5.32 Å². The Hall–Kier alpha value is -1.86. The minimum Gasteiger partial charge on any atom is -0.300 e. The van der Waals surface area contributed by atoms with E-state index in [2.05, 4.69) is 81.2 Å². The standard InChI is InChI=1S/C19H23N/c1-5-16(4)20-19(17-9-7-6-8-10-17)18-12-11-14(2)13-15(18)3/h5-13,16,19-20H,1H2,2-4H3. The van der Waals surface area contributed by atoms with Crippen LogP contribution in [0, 0.1) is 13.8 Å². The summed E-state index contributed by atoms with van der Waals surface area (Å²) in [5.41, 5.74) is 5.24. The Morgan fingerprint density at radius 3 is 2.35 bits per heavy atom. The average molecular weight is 265 g/mol.